The topological polar surface area (TPSA) is 66.5 Å². The van der Waals surface area contributed by atoms with E-state index in [9.17, 15) is 4.79 Å². The van der Waals surface area contributed by atoms with Crippen molar-refractivity contribution in [1.82, 2.24) is 15.6 Å². The molecular weight excluding hydrogens is 376 g/mol. The van der Waals surface area contributed by atoms with Gasteiger partial charge in [-0.05, 0) is 35.4 Å². The number of benzene rings is 2. The molecule has 3 aromatic rings. The van der Waals surface area contributed by atoms with Gasteiger partial charge in [0.1, 0.15) is 11.6 Å². The number of carbonyl (C=O) groups is 1. The Morgan fingerprint density at radius 3 is 2.73 bits per heavy atom. The molecule has 30 heavy (non-hydrogen) atoms. The summed E-state index contributed by atoms with van der Waals surface area (Å²) in [6, 6.07) is 22.0. The highest BCUT2D eigenvalue weighted by molar-refractivity contribution is 5.94. The number of hydrogen-bond donors (Lipinski definition) is 2. The minimum atomic E-state index is -0.107. The number of aromatic nitrogens is 1. The molecule has 2 aromatic carbocycles. The van der Waals surface area contributed by atoms with Gasteiger partial charge < -0.3 is 20.3 Å². The number of nitrogens with one attached hydrogen (secondary N) is 2. The standard InChI is InChI=1S/C24H26N4O2/c1-30-21-9-7-18(8-10-21)16-27-24(29)20-11-12-26-23(15-20)28-14-13-25-22(17-28)19-5-3-2-4-6-19/h2-12,15,22,25H,13-14,16-17H2,1H3,(H,27,29)/t22-/m1/s1. The van der Waals surface area contributed by atoms with Gasteiger partial charge in [0.05, 0.1) is 7.11 Å². The van der Waals surface area contributed by atoms with Crippen LogP contribution >= 0.6 is 0 Å². The lowest BCUT2D eigenvalue weighted by molar-refractivity contribution is 0.0951. The van der Waals surface area contributed by atoms with Crippen LogP contribution < -0.4 is 20.3 Å². The fourth-order valence-electron chi connectivity index (χ4n) is 3.63. The first kappa shape index (κ1) is 19.9. The van der Waals surface area contributed by atoms with Crippen LogP contribution in [-0.2, 0) is 6.54 Å². The van der Waals surface area contributed by atoms with Crippen molar-refractivity contribution in [3.8, 4) is 5.75 Å². The van der Waals surface area contributed by atoms with E-state index in [2.05, 4.69) is 44.8 Å². The molecule has 0 spiro atoms. The maximum atomic E-state index is 12.7. The molecule has 1 atom stereocenters. The Morgan fingerprint density at radius 1 is 1.17 bits per heavy atom. The van der Waals surface area contributed by atoms with Crippen LogP contribution in [0.25, 0.3) is 0 Å². The Hall–Kier alpha value is -3.38. The van der Waals surface area contributed by atoms with Gasteiger partial charge in [-0.25, -0.2) is 4.98 Å². The van der Waals surface area contributed by atoms with Crippen molar-refractivity contribution in [3.63, 3.8) is 0 Å². The molecule has 0 radical (unpaired) electrons. The lowest BCUT2D eigenvalue weighted by Crippen LogP contribution is -2.46. The molecule has 2 heterocycles. The van der Waals surface area contributed by atoms with E-state index in [0.29, 0.717) is 12.1 Å². The quantitative estimate of drug-likeness (QED) is 0.663. The summed E-state index contributed by atoms with van der Waals surface area (Å²) in [4.78, 5) is 19.4. The van der Waals surface area contributed by atoms with Crippen molar-refractivity contribution in [2.75, 3.05) is 31.6 Å². The zero-order chi connectivity index (χ0) is 20.8. The second kappa shape index (κ2) is 9.41. The predicted molar refractivity (Wildman–Crippen MR) is 118 cm³/mol. The minimum Gasteiger partial charge on any atom is -0.497 e. The number of rotatable bonds is 6. The third kappa shape index (κ3) is 4.78. The van der Waals surface area contributed by atoms with Crippen LogP contribution in [0.15, 0.2) is 72.9 Å². The summed E-state index contributed by atoms with van der Waals surface area (Å²) in [5, 5.41) is 6.54. The zero-order valence-corrected chi connectivity index (χ0v) is 17.0. The van der Waals surface area contributed by atoms with E-state index in [1.807, 2.05) is 36.4 Å². The molecule has 4 rings (SSSR count). The molecule has 1 amide bonds. The van der Waals surface area contributed by atoms with E-state index in [0.717, 1.165) is 36.8 Å². The van der Waals surface area contributed by atoms with Gasteiger partial charge in [0, 0.05) is 44.0 Å². The van der Waals surface area contributed by atoms with Gasteiger partial charge in [0.25, 0.3) is 5.91 Å². The Kier molecular flexibility index (Phi) is 6.25. The van der Waals surface area contributed by atoms with Crippen molar-refractivity contribution >= 4 is 11.7 Å². The van der Waals surface area contributed by atoms with Crippen LogP contribution in [0.3, 0.4) is 0 Å². The van der Waals surface area contributed by atoms with Crippen molar-refractivity contribution in [1.29, 1.82) is 0 Å². The summed E-state index contributed by atoms with van der Waals surface area (Å²) in [7, 11) is 1.64. The molecule has 6 nitrogen and oxygen atoms in total. The summed E-state index contributed by atoms with van der Waals surface area (Å²) in [5.74, 6) is 1.52. The highest BCUT2D eigenvalue weighted by atomic mass is 16.5. The summed E-state index contributed by atoms with van der Waals surface area (Å²) in [5.41, 5.74) is 2.89. The SMILES string of the molecule is COc1ccc(CNC(=O)c2ccnc(N3CCN[C@@H](c4ccccc4)C3)c2)cc1. The normalized spacial score (nSPS) is 16.2. The predicted octanol–water partition coefficient (Wildman–Crippen LogP) is 3.17. The summed E-state index contributed by atoms with van der Waals surface area (Å²) in [6.07, 6.45) is 1.71. The second-order valence-electron chi connectivity index (χ2n) is 7.30. The van der Waals surface area contributed by atoms with Gasteiger partial charge in [-0.2, -0.15) is 0 Å². The van der Waals surface area contributed by atoms with Crippen molar-refractivity contribution in [2.45, 2.75) is 12.6 Å². The average Bonchev–Trinajstić information content (AvgIpc) is 2.83. The van der Waals surface area contributed by atoms with Crippen LogP contribution in [0.4, 0.5) is 5.82 Å². The fourth-order valence-corrected chi connectivity index (χ4v) is 3.63. The number of nitrogens with zero attached hydrogens (tertiary/aromatic N) is 2. The van der Waals surface area contributed by atoms with E-state index in [1.54, 1.807) is 19.4 Å². The molecule has 154 valence electrons. The number of anilines is 1. The molecule has 0 aliphatic carbocycles. The van der Waals surface area contributed by atoms with Gasteiger partial charge in [0.2, 0.25) is 0 Å². The monoisotopic (exact) mass is 402 g/mol. The van der Waals surface area contributed by atoms with E-state index in [-0.39, 0.29) is 11.9 Å². The number of ether oxygens (including phenoxy) is 1. The van der Waals surface area contributed by atoms with Crippen molar-refractivity contribution in [2.24, 2.45) is 0 Å². The molecule has 1 aliphatic rings. The van der Waals surface area contributed by atoms with E-state index in [1.165, 1.54) is 5.56 Å². The number of hydrogen-bond acceptors (Lipinski definition) is 5. The first-order valence-electron chi connectivity index (χ1n) is 10.1. The summed E-state index contributed by atoms with van der Waals surface area (Å²) >= 11 is 0. The van der Waals surface area contributed by atoms with Gasteiger partial charge in [0.15, 0.2) is 0 Å². The number of piperazine rings is 1. The lowest BCUT2D eigenvalue weighted by atomic mass is 10.0. The lowest BCUT2D eigenvalue weighted by Gasteiger charge is -2.34. The fraction of sp³-hybridized carbons (Fsp3) is 0.250. The summed E-state index contributed by atoms with van der Waals surface area (Å²) in [6.45, 7) is 3.00. The van der Waals surface area contributed by atoms with E-state index in [4.69, 9.17) is 4.74 Å². The maximum absolute atomic E-state index is 12.7. The summed E-state index contributed by atoms with van der Waals surface area (Å²) < 4.78 is 5.17. The molecule has 2 N–H and O–H groups in total. The van der Waals surface area contributed by atoms with Crippen LogP contribution in [0.1, 0.15) is 27.5 Å². The molecule has 1 saturated heterocycles. The van der Waals surface area contributed by atoms with Crippen LogP contribution in [-0.4, -0.2) is 37.6 Å². The molecular formula is C24H26N4O2. The molecule has 6 heteroatoms. The Balaban J connectivity index is 1.40. The van der Waals surface area contributed by atoms with Crippen molar-refractivity contribution in [3.05, 3.63) is 89.6 Å². The molecule has 0 saturated carbocycles. The molecule has 0 bridgehead atoms. The van der Waals surface area contributed by atoms with Gasteiger partial charge in [-0.3, -0.25) is 4.79 Å². The first-order chi connectivity index (χ1) is 14.7. The number of pyridine rings is 1. The highest BCUT2D eigenvalue weighted by Crippen LogP contribution is 2.21. The Morgan fingerprint density at radius 2 is 1.97 bits per heavy atom. The van der Waals surface area contributed by atoms with Crippen molar-refractivity contribution < 1.29 is 9.53 Å². The number of carbonyl (C=O) groups excluding carboxylic acids is 1. The number of amides is 1. The van der Waals surface area contributed by atoms with Crippen LogP contribution in [0.2, 0.25) is 0 Å². The molecule has 1 aromatic heterocycles. The largest absolute Gasteiger partial charge is 0.497 e. The third-order valence-electron chi connectivity index (χ3n) is 5.32. The minimum absolute atomic E-state index is 0.107. The maximum Gasteiger partial charge on any atom is 0.251 e. The van der Waals surface area contributed by atoms with Crippen LogP contribution in [0, 0.1) is 0 Å². The average molecular weight is 402 g/mol. The highest BCUT2D eigenvalue weighted by Gasteiger charge is 2.22. The van der Waals surface area contributed by atoms with E-state index >= 15 is 0 Å². The first-order valence-corrected chi connectivity index (χ1v) is 10.1. The smallest absolute Gasteiger partial charge is 0.251 e. The molecule has 1 aliphatic heterocycles. The second-order valence-corrected chi connectivity index (χ2v) is 7.30. The van der Waals surface area contributed by atoms with E-state index < -0.39 is 0 Å². The van der Waals surface area contributed by atoms with Gasteiger partial charge in [-0.15, -0.1) is 0 Å². The Labute approximate surface area is 176 Å². The van der Waals surface area contributed by atoms with Crippen LogP contribution in [0.5, 0.6) is 5.75 Å². The Bertz CT molecular complexity index is 976. The molecule has 0 unspecified atom stereocenters. The molecule has 1 fully saturated rings. The van der Waals surface area contributed by atoms with Gasteiger partial charge in [-0.1, -0.05) is 42.5 Å². The zero-order valence-electron chi connectivity index (χ0n) is 17.0. The third-order valence-corrected chi connectivity index (χ3v) is 5.32. The number of methoxy groups -OCH3 is 1. The van der Waals surface area contributed by atoms with Gasteiger partial charge >= 0.3 is 0 Å².